The van der Waals surface area contributed by atoms with Gasteiger partial charge >= 0.3 is 0 Å². The van der Waals surface area contributed by atoms with Gasteiger partial charge in [0.05, 0.1) is 11.8 Å². The molecule has 0 bridgehead atoms. The van der Waals surface area contributed by atoms with Gasteiger partial charge in [-0.1, -0.05) is 13.0 Å². The van der Waals surface area contributed by atoms with E-state index in [2.05, 4.69) is 0 Å². The number of rotatable bonds is 5. The predicted molar refractivity (Wildman–Crippen MR) is 82.5 cm³/mol. The van der Waals surface area contributed by atoms with E-state index in [-0.39, 0.29) is 6.42 Å². The average Bonchev–Trinajstić information content (AvgIpc) is 2.39. The van der Waals surface area contributed by atoms with Gasteiger partial charge in [-0.2, -0.15) is 5.26 Å². The summed E-state index contributed by atoms with van der Waals surface area (Å²) in [5.41, 5.74) is 2.58. The number of benzene rings is 1. The maximum absolute atomic E-state index is 12.3. The average molecular weight is 295 g/mol. The van der Waals surface area contributed by atoms with Crippen LogP contribution in [0.5, 0.6) is 0 Å². The van der Waals surface area contributed by atoms with Crippen LogP contribution in [0.25, 0.3) is 0 Å². The zero-order valence-electron chi connectivity index (χ0n) is 12.6. The summed E-state index contributed by atoms with van der Waals surface area (Å²) in [7, 11) is 1.64. The smallest absolute Gasteiger partial charge is 0.251 e. The second-order valence-corrected chi connectivity index (χ2v) is 7.05. The molecule has 1 aromatic carbocycles. The number of anilines is 2. The minimum atomic E-state index is -3.66. The van der Waals surface area contributed by atoms with Crippen molar-refractivity contribution in [2.75, 3.05) is 30.3 Å². The fourth-order valence-electron chi connectivity index (χ4n) is 1.98. The molecule has 0 saturated carbocycles. The Hall–Kier alpha value is -1.74. The van der Waals surface area contributed by atoms with Crippen molar-refractivity contribution in [1.82, 2.24) is 0 Å². The van der Waals surface area contributed by atoms with Crippen LogP contribution in [0.4, 0.5) is 11.4 Å². The summed E-state index contributed by atoms with van der Waals surface area (Å²) in [6.07, 6.45) is 0.273. The first kappa shape index (κ1) is 16.3. The third-order valence-corrected chi connectivity index (χ3v) is 5.43. The van der Waals surface area contributed by atoms with Gasteiger partial charge in [-0.05, 0) is 31.0 Å². The molecule has 5 nitrogen and oxygen atoms in total. The summed E-state index contributed by atoms with van der Waals surface area (Å²) in [4.78, 5) is 1.93. The van der Waals surface area contributed by atoms with Crippen LogP contribution >= 0.6 is 0 Å². The Balaban J connectivity index is 3.26. The van der Waals surface area contributed by atoms with Crippen molar-refractivity contribution in [1.29, 1.82) is 5.26 Å². The Morgan fingerprint density at radius 2 is 1.90 bits per heavy atom. The lowest BCUT2D eigenvalue weighted by Crippen LogP contribution is -2.35. The van der Waals surface area contributed by atoms with E-state index in [0.29, 0.717) is 5.69 Å². The Bertz CT molecular complexity index is 618. The Labute approximate surface area is 121 Å². The van der Waals surface area contributed by atoms with Crippen molar-refractivity contribution in [2.45, 2.75) is 25.5 Å². The predicted octanol–water partition coefficient (Wildman–Crippen LogP) is 2.13. The maximum atomic E-state index is 12.3. The van der Waals surface area contributed by atoms with Gasteiger partial charge in [0, 0.05) is 26.8 Å². The van der Waals surface area contributed by atoms with E-state index in [1.165, 1.54) is 11.4 Å². The molecular weight excluding hydrogens is 274 g/mol. The van der Waals surface area contributed by atoms with Crippen molar-refractivity contribution in [3.8, 4) is 6.07 Å². The van der Waals surface area contributed by atoms with Crippen LogP contribution in [-0.2, 0) is 10.0 Å². The molecule has 6 heteroatoms. The first-order chi connectivity index (χ1) is 9.25. The molecule has 0 aliphatic heterocycles. The first-order valence-corrected chi connectivity index (χ1v) is 7.91. The van der Waals surface area contributed by atoms with E-state index < -0.39 is 15.3 Å². The Kier molecular flexibility index (Phi) is 5.01. The molecule has 0 saturated heterocycles. The van der Waals surface area contributed by atoms with Crippen LogP contribution in [0, 0.1) is 18.3 Å². The number of nitrogens with zero attached hydrogens (tertiary/aromatic N) is 3. The number of sulfonamides is 1. The quantitative estimate of drug-likeness (QED) is 0.834. The Morgan fingerprint density at radius 1 is 1.30 bits per heavy atom. The molecule has 0 heterocycles. The van der Waals surface area contributed by atoms with Gasteiger partial charge < -0.3 is 4.90 Å². The summed E-state index contributed by atoms with van der Waals surface area (Å²) in [6.45, 7) is 3.66. The molecule has 0 spiro atoms. The van der Waals surface area contributed by atoms with E-state index in [4.69, 9.17) is 5.26 Å². The van der Waals surface area contributed by atoms with Gasteiger partial charge in [-0.25, -0.2) is 8.42 Å². The highest BCUT2D eigenvalue weighted by Crippen LogP contribution is 2.27. The molecule has 1 atom stereocenters. The van der Waals surface area contributed by atoms with Crippen molar-refractivity contribution in [3.05, 3.63) is 23.8 Å². The van der Waals surface area contributed by atoms with Crippen molar-refractivity contribution in [2.24, 2.45) is 0 Å². The topological polar surface area (TPSA) is 64.4 Å². The van der Waals surface area contributed by atoms with Gasteiger partial charge in [-0.15, -0.1) is 0 Å². The molecule has 1 unspecified atom stereocenters. The fraction of sp³-hybridized carbons (Fsp3) is 0.500. The van der Waals surface area contributed by atoms with E-state index in [1.807, 2.05) is 44.1 Å². The van der Waals surface area contributed by atoms with Gasteiger partial charge in [0.25, 0.3) is 10.0 Å². The van der Waals surface area contributed by atoms with Crippen LogP contribution in [0.3, 0.4) is 0 Å². The highest BCUT2D eigenvalue weighted by Gasteiger charge is 2.28. The normalized spacial score (nSPS) is 12.6. The monoisotopic (exact) mass is 295 g/mol. The lowest BCUT2D eigenvalue weighted by molar-refractivity contribution is 0.585. The molecule has 0 aliphatic carbocycles. The van der Waals surface area contributed by atoms with Crippen molar-refractivity contribution in [3.63, 3.8) is 0 Å². The standard InChI is InChI=1S/C14H21N3O2S/c1-6-13(10-15)20(18,19)17(5)12-8-7-11(2)14(9-12)16(3)4/h7-9,13H,6H2,1-5H3. The summed E-state index contributed by atoms with van der Waals surface area (Å²) in [5, 5.41) is 7.96. The summed E-state index contributed by atoms with van der Waals surface area (Å²) < 4.78 is 25.9. The van der Waals surface area contributed by atoms with Crippen LogP contribution in [-0.4, -0.2) is 34.8 Å². The minimum absolute atomic E-state index is 0.273. The second-order valence-electron chi connectivity index (χ2n) is 4.90. The van der Waals surface area contributed by atoms with E-state index in [0.717, 1.165) is 11.3 Å². The summed E-state index contributed by atoms with van der Waals surface area (Å²) >= 11 is 0. The third kappa shape index (κ3) is 3.05. The minimum Gasteiger partial charge on any atom is -0.377 e. The molecular formula is C14H21N3O2S. The zero-order valence-corrected chi connectivity index (χ0v) is 13.4. The highest BCUT2D eigenvalue weighted by atomic mass is 32.2. The van der Waals surface area contributed by atoms with Crippen molar-refractivity contribution < 1.29 is 8.42 Å². The maximum Gasteiger partial charge on any atom is 0.251 e. The van der Waals surface area contributed by atoms with E-state index in [1.54, 1.807) is 13.0 Å². The van der Waals surface area contributed by atoms with Crippen molar-refractivity contribution >= 4 is 21.4 Å². The molecule has 0 radical (unpaired) electrons. The fourth-order valence-corrected chi connectivity index (χ4v) is 3.33. The van der Waals surface area contributed by atoms with Gasteiger partial charge in [0.1, 0.15) is 0 Å². The molecule has 110 valence electrons. The van der Waals surface area contributed by atoms with Crippen LogP contribution < -0.4 is 9.21 Å². The number of nitriles is 1. The Morgan fingerprint density at radius 3 is 2.35 bits per heavy atom. The highest BCUT2D eigenvalue weighted by molar-refractivity contribution is 7.93. The molecule has 0 aliphatic rings. The van der Waals surface area contributed by atoms with Gasteiger partial charge in [0.2, 0.25) is 0 Å². The molecule has 1 rings (SSSR count). The van der Waals surface area contributed by atoms with Gasteiger partial charge in [-0.3, -0.25) is 4.31 Å². The van der Waals surface area contributed by atoms with E-state index >= 15 is 0 Å². The van der Waals surface area contributed by atoms with Crippen LogP contribution in [0.1, 0.15) is 18.9 Å². The van der Waals surface area contributed by atoms with Gasteiger partial charge in [0.15, 0.2) is 5.25 Å². The number of aryl methyl sites for hydroxylation is 1. The third-order valence-electron chi connectivity index (χ3n) is 3.29. The van der Waals surface area contributed by atoms with Crippen LogP contribution in [0.2, 0.25) is 0 Å². The molecule has 0 aromatic heterocycles. The van der Waals surface area contributed by atoms with E-state index in [9.17, 15) is 8.42 Å². The van der Waals surface area contributed by atoms with Crippen LogP contribution in [0.15, 0.2) is 18.2 Å². The summed E-state index contributed by atoms with van der Waals surface area (Å²) in [5.74, 6) is 0. The molecule has 0 amide bonds. The molecule has 20 heavy (non-hydrogen) atoms. The molecule has 1 aromatic rings. The second kappa shape index (κ2) is 6.14. The first-order valence-electron chi connectivity index (χ1n) is 6.41. The summed E-state index contributed by atoms with van der Waals surface area (Å²) in [6, 6.07) is 7.30. The lowest BCUT2D eigenvalue weighted by Gasteiger charge is -2.24. The SMILES string of the molecule is CCC(C#N)S(=O)(=O)N(C)c1ccc(C)c(N(C)C)c1. The number of hydrogen-bond acceptors (Lipinski definition) is 4. The number of hydrogen-bond donors (Lipinski definition) is 0. The molecule has 0 fully saturated rings. The molecule has 0 N–H and O–H groups in total. The zero-order chi connectivity index (χ0) is 15.5. The lowest BCUT2D eigenvalue weighted by atomic mass is 10.1. The largest absolute Gasteiger partial charge is 0.377 e.